The third kappa shape index (κ3) is 8.52. The molecule has 1 radical (unpaired) electrons. The van der Waals surface area contributed by atoms with E-state index in [-0.39, 0.29) is 39.2 Å². The van der Waals surface area contributed by atoms with Crippen molar-refractivity contribution in [1.82, 2.24) is 9.97 Å². The van der Waals surface area contributed by atoms with Gasteiger partial charge in [-0.2, -0.15) is 0 Å². The quantitative estimate of drug-likeness (QED) is 0.221. The molecule has 6 N–H and O–H groups in total. The molecule has 6 rings (SSSR count). The Labute approximate surface area is 247 Å². The molecule has 0 amide bonds. The van der Waals surface area contributed by atoms with Crippen LogP contribution in [0, 0.1) is 0 Å². The van der Waals surface area contributed by atoms with Gasteiger partial charge >= 0.3 is 16.8 Å². The summed E-state index contributed by atoms with van der Waals surface area (Å²) in [6.07, 6.45) is 6.48. The van der Waals surface area contributed by atoms with Crippen LogP contribution in [0.1, 0.15) is 11.1 Å². The van der Waals surface area contributed by atoms with Crippen LogP contribution in [0.5, 0.6) is 11.5 Å². The molecule has 0 aliphatic rings. The molecule has 2 aromatic heterocycles. The fourth-order valence-corrected chi connectivity index (χ4v) is 3.81. The van der Waals surface area contributed by atoms with Crippen LogP contribution in [0.15, 0.2) is 132 Å². The topological polar surface area (TPSA) is 163 Å². The molecule has 0 spiro atoms. The van der Waals surface area contributed by atoms with Crippen LogP contribution in [-0.2, 0) is 27.7 Å². The van der Waals surface area contributed by atoms with Gasteiger partial charge in [-0.25, -0.2) is 20.0 Å². The zero-order chi connectivity index (χ0) is 26.2. The second kappa shape index (κ2) is 15.6. The Morgan fingerprint density at radius 3 is 1.17 bits per heavy atom. The second-order valence-corrected chi connectivity index (χ2v) is 8.37. The fourth-order valence-electron chi connectivity index (χ4n) is 3.81. The van der Waals surface area contributed by atoms with E-state index in [0.717, 1.165) is 21.5 Å². The molecule has 0 aliphatic carbocycles. The molecule has 0 atom stereocenters. The molecular formula is C32H28CoN4O4+2. The van der Waals surface area contributed by atoms with Gasteiger partial charge in [0.15, 0.2) is 11.6 Å². The van der Waals surface area contributed by atoms with Crippen molar-refractivity contribution in [3.63, 3.8) is 0 Å². The van der Waals surface area contributed by atoms with Gasteiger partial charge in [0.1, 0.15) is 0 Å². The number of aliphatic imine (C=N–C) groups is 2. The predicted octanol–water partition coefficient (Wildman–Crippen LogP) is 4.27. The minimum Gasteiger partial charge on any atom is -0.872 e. The van der Waals surface area contributed by atoms with Crippen molar-refractivity contribution in [3.8, 4) is 11.5 Å². The van der Waals surface area contributed by atoms with Gasteiger partial charge in [0.25, 0.3) is 0 Å². The van der Waals surface area contributed by atoms with Crippen LogP contribution >= 0.6 is 0 Å². The predicted molar refractivity (Wildman–Crippen MR) is 160 cm³/mol. The van der Waals surface area contributed by atoms with Gasteiger partial charge in [-0.3, -0.25) is 0 Å². The molecule has 41 heavy (non-hydrogen) atoms. The first-order valence-corrected chi connectivity index (χ1v) is 12.0. The van der Waals surface area contributed by atoms with Crippen molar-refractivity contribution in [2.75, 3.05) is 0 Å². The summed E-state index contributed by atoms with van der Waals surface area (Å²) in [5.41, 5.74) is 1.15. The van der Waals surface area contributed by atoms with Gasteiger partial charge in [0.05, 0.1) is 0 Å². The zero-order valence-corrected chi connectivity index (χ0v) is 22.8. The SMILES string of the molecule is [Co+2].[O-]c1cc2ccccc2cc1/C=N/c1ccccn1.[O-]c1cc2ccccc2cc1/C=N/c1ccccn1.[OH3+].[OH3+]. The second-order valence-electron chi connectivity index (χ2n) is 8.37. The Morgan fingerprint density at radius 1 is 0.488 bits per heavy atom. The molecule has 4 aromatic carbocycles. The first kappa shape index (κ1) is 32.3. The van der Waals surface area contributed by atoms with Crippen LogP contribution in [-0.4, -0.2) is 22.4 Å². The molecule has 0 saturated carbocycles. The summed E-state index contributed by atoms with van der Waals surface area (Å²) in [5.74, 6) is 1.13. The maximum absolute atomic E-state index is 11.9. The molecule has 6 aromatic rings. The van der Waals surface area contributed by atoms with Crippen molar-refractivity contribution >= 4 is 45.6 Å². The molecule has 8 nitrogen and oxygen atoms in total. The number of fused-ring (bicyclic) bond motifs is 2. The number of pyridine rings is 2. The molecule has 0 saturated heterocycles. The molecule has 0 unspecified atom stereocenters. The van der Waals surface area contributed by atoms with Crippen LogP contribution in [0.4, 0.5) is 11.6 Å². The van der Waals surface area contributed by atoms with Crippen LogP contribution in [0.3, 0.4) is 0 Å². The van der Waals surface area contributed by atoms with Gasteiger partial charge in [-0.05, 0) is 69.1 Å². The Balaban J connectivity index is 0.000000267. The number of hydrogen-bond acceptors (Lipinski definition) is 6. The van der Waals surface area contributed by atoms with Crippen molar-refractivity contribution in [3.05, 3.63) is 133 Å². The summed E-state index contributed by atoms with van der Waals surface area (Å²) in [6.45, 7) is 0. The van der Waals surface area contributed by atoms with Gasteiger partial charge in [0.2, 0.25) is 0 Å². The van der Waals surface area contributed by atoms with E-state index < -0.39 is 0 Å². The van der Waals surface area contributed by atoms with Gasteiger partial charge in [-0.15, -0.1) is 0 Å². The summed E-state index contributed by atoms with van der Waals surface area (Å²) in [5, 5.41) is 27.8. The first-order chi connectivity index (χ1) is 18.7. The maximum Gasteiger partial charge on any atom is 2.00 e. The van der Waals surface area contributed by atoms with E-state index in [0.29, 0.717) is 22.8 Å². The van der Waals surface area contributed by atoms with Crippen molar-refractivity contribution in [2.24, 2.45) is 9.98 Å². The summed E-state index contributed by atoms with van der Waals surface area (Å²) in [7, 11) is 0. The summed E-state index contributed by atoms with van der Waals surface area (Å²) >= 11 is 0. The molecule has 0 bridgehead atoms. The molecular weight excluding hydrogens is 563 g/mol. The smallest absolute Gasteiger partial charge is 0.872 e. The Hall–Kier alpha value is -4.93. The van der Waals surface area contributed by atoms with Crippen molar-refractivity contribution < 1.29 is 37.9 Å². The molecule has 9 heteroatoms. The van der Waals surface area contributed by atoms with E-state index >= 15 is 0 Å². The number of nitrogens with zero attached hydrogens (tertiary/aromatic N) is 4. The third-order valence-corrected chi connectivity index (χ3v) is 5.73. The van der Waals surface area contributed by atoms with E-state index in [1.165, 1.54) is 0 Å². The van der Waals surface area contributed by atoms with Crippen LogP contribution in [0.2, 0.25) is 0 Å². The van der Waals surface area contributed by atoms with E-state index in [1.807, 2.05) is 84.9 Å². The standard InChI is InChI=1S/2C16H12N2O.Co.2H2O/c2*19-15-10-13-6-2-1-5-12(13)9-14(15)11-18-16-7-3-4-8-17-16;;;/h2*1-11,19H;;2*1H2/q;;+2;;/b2*18-11+;;;. The van der Waals surface area contributed by atoms with Gasteiger partial charge < -0.3 is 21.2 Å². The largest absolute Gasteiger partial charge is 2.00 e. The molecule has 2 heterocycles. The van der Waals surface area contributed by atoms with Crippen LogP contribution in [0.25, 0.3) is 21.5 Å². The minimum atomic E-state index is -0.0293. The average Bonchev–Trinajstić information content (AvgIpc) is 2.96. The first-order valence-electron chi connectivity index (χ1n) is 12.0. The maximum atomic E-state index is 11.9. The monoisotopic (exact) mass is 591 g/mol. The average molecular weight is 592 g/mol. The van der Waals surface area contributed by atoms with Crippen molar-refractivity contribution in [1.29, 1.82) is 0 Å². The number of rotatable bonds is 4. The summed E-state index contributed by atoms with van der Waals surface area (Å²) in [6, 6.07) is 33.5. The Morgan fingerprint density at radius 2 is 0.829 bits per heavy atom. The molecule has 0 aliphatic heterocycles. The Kier molecular flexibility index (Phi) is 12.3. The summed E-state index contributed by atoms with van der Waals surface area (Å²) < 4.78 is 0. The Bertz CT molecular complexity index is 1620. The zero-order valence-electron chi connectivity index (χ0n) is 21.8. The minimum absolute atomic E-state index is 0. The van der Waals surface area contributed by atoms with E-state index in [2.05, 4.69) is 20.0 Å². The normalized spacial score (nSPS) is 10.3. The van der Waals surface area contributed by atoms with Gasteiger partial charge in [-0.1, -0.05) is 84.3 Å². The third-order valence-electron chi connectivity index (χ3n) is 5.73. The van der Waals surface area contributed by atoms with E-state index in [4.69, 9.17) is 0 Å². The number of aromatic nitrogens is 2. The number of benzene rings is 4. The van der Waals surface area contributed by atoms with Crippen molar-refractivity contribution in [2.45, 2.75) is 0 Å². The molecule has 0 fully saturated rings. The van der Waals surface area contributed by atoms with Crippen LogP contribution < -0.4 is 10.2 Å². The number of hydrogen-bond donors (Lipinski definition) is 0. The molecule has 207 valence electrons. The van der Waals surface area contributed by atoms with E-state index in [9.17, 15) is 10.2 Å². The van der Waals surface area contributed by atoms with E-state index in [1.54, 1.807) is 49.1 Å². The summed E-state index contributed by atoms with van der Waals surface area (Å²) in [4.78, 5) is 16.6. The fraction of sp³-hybridized carbons (Fsp3) is 0. The van der Waals surface area contributed by atoms with Gasteiger partial charge in [0, 0.05) is 24.8 Å².